The van der Waals surface area contributed by atoms with Crippen molar-refractivity contribution in [2.45, 2.75) is 53.0 Å². The van der Waals surface area contributed by atoms with E-state index >= 15 is 0 Å². The van der Waals surface area contributed by atoms with Gasteiger partial charge in [0.05, 0.1) is 5.52 Å². The van der Waals surface area contributed by atoms with Gasteiger partial charge in [-0.1, -0.05) is 50.1 Å². The molecule has 33 heavy (non-hydrogen) atoms. The van der Waals surface area contributed by atoms with E-state index in [-0.39, 0.29) is 24.1 Å². The van der Waals surface area contributed by atoms with Gasteiger partial charge in [-0.2, -0.15) is 0 Å². The van der Waals surface area contributed by atoms with Gasteiger partial charge in [-0.15, -0.1) is 10.2 Å². The number of hydrogen-bond acceptors (Lipinski definition) is 4. The molecule has 2 N–H and O–H groups in total. The van der Waals surface area contributed by atoms with E-state index in [1.165, 1.54) is 0 Å². The van der Waals surface area contributed by atoms with E-state index in [1.54, 1.807) is 12.1 Å². The molecule has 0 bridgehead atoms. The Labute approximate surface area is 194 Å². The number of azo groups is 1. The Hall–Kier alpha value is -3.48. The molecule has 1 aromatic heterocycles. The predicted molar refractivity (Wildman–Crippen MR) is 130 cm³/mol. The van der Waals surface area contributed by atoms with Crippen molar-refractivity contribution in [2.24, 2.45) is 16.1 Å². The maximum Gasteiger partial charge on any atom is 0.264 e. The number of carbonyl (C=O) groups is 2. The third-order valence-corrected chi connectivity index (χ3v) is 5.36. The van der Waals surface area contributed by atoms with Gasteiger partial charge >= 0.3 is 0 Å². The maximum atomic E-state index is 12.2. The van der Waals surface area contributed by atoms with Gasteiger partial charge in [-0.05, 0) is 49.9 Å². The van der Waals surface area contributed by atoms with E-state index in [1.807, 2.05) is 47.9 Å². The van der Waals surface area contributed by atoms with Crippen LogP contribution >= 0.6 is 0 Å². The first-order valence-corrected chi connectivity index (χ1v) is 11.5. The van der Waals surface area contributed by atoms with Crippen molar-refractivity contribution in [1.29, 1.82) is 0 Å². The molecule has 0 saturated heterocycles. The van der Waals surface area contributed by atoms with Gasteiger partial charge in [-0.3, -0.25) is 9.59 Å². The quantitative estimate of drug-likeness (QED) is 0.298. The van der Waals surface area contributed by atoms with Crippen molar-refractivity contribution in [2.75, 3.05) is 6.54 Å². The summed E-state index contributed by atoms with van der Waals surface area (Å²) >= 11 is 0. The van der Waals surface area contributed by atoms with Crippen LogP contribution in [-0.4, -0.2) is 28.0 Å². The molecule has 0 unspecified atom stereocenters. The largest absolute Gasteiger partial charge is 0.493 e. The summed E-state index contributed by atoms with van der Waals surface area (Å²) in [4.78, 5) is 24.2. The Kier molecular flexibility index (Phi) is 8.35. The smallest absolute Gasteiger partial charge is 0.264 e. The average Bonchev–Trinajstić information content (AvgIpc) is 3.04. The van der Waals surface area contributed by atoms with Crippen LogP contribution in [0.1, 0.15) is 55.5 Å². The molecular weight excluding hydrogens is 416 g/mol. The van der Waals surface area contributed by atoms with Gasteiger partial charge in [0.2, 0.25) is 5.88 Å². The number of unbranched alkanes of at least 4 members (excludes halogenated alkanes) is 2. The minimum Gasteiger partial charge on any atom is -0.493 e. The highest BCUT2D eigenvalue weighted by Gasteiger charge is 2.18. The van der Waals surface area contributed by atoms with Crippen LogP contribution in [0.15, 0.2) is 58.8 Å². The predicted octanol–water partition coefficient (Wildman–Crippen LogP) is 5.91. The Morgan fingerprint density at radius 3 is 2.55 bits per heavy atom. The molecule has 174 valence electrons. The number of aryl methyl sites for hydroxylation is 1. The highest BCUT2D eigenvalue weighted by molar-refractivity contribution is 5.96. The van der Waals surface area contributed by atoms with Gasteiger partial charge in [0.15, 0.2) is 5.69 Å². The third-order valence-electron chi connectivity index (χ3n) is 5.36. The summed E-state index contributed by atoms with van der Waals surface area (Å²) in [6, 6.07) is 15.0. The number of hydrogen-bond donors (Lipinski definition) is 2. The molecule has 1 heterocycles. The molecule has 0 aliphatic heterocycles. The topological polar surface area (TPSA) is 96.1 Å². The normalized spacial score (nSPS) is 11.5. The van der Waals surface area contributed by atoms with Crippen molar-refractivity contribution < 1.29 is 14.7 Å². The Morgan fingerprint density at radius 1 is 1.06 bits per heavy atom. The number of aromatic hydroxyl groups is 1. The molecule has 7 heteroatoms. The molecule has 2 amide bonds. The number of nitrogens with one attached hydrogen (secondary N) is 1. The number of fused-ring (bicyclic) bond motifs is 1. The molecule has 0 radical (unpaired) electrons. The summed E-state index contributed by atoms with van der Waals surface area (Å²) in [5.41, 5.74) is 2.91. The minimum absolute atomic E-state index is 0.0370. The number of amides is 2. The van der Waals surface area contributed by atoms with Crippen molar-refractivity contribution in [3.05, 3.63) is 59.7 Å². The van der Waals surface area contributed by atoms with Crippen LogP contribution in [-0.2, 0) is 11.3 Å². The number of benzene rings is 2. The molecular formula is C26H32N4O3. The first-order chi connectivity index (χ1) is 15.9. The first-order valence-electron chi connectivity index (χ1n) is 11.5. The van der Waals surface area contributed by atoms with E-state index in [2.05, 4.69) is 29.4 Å². The molecule has 0 aliphatic rings. The summed E-state index contributed by atoms with van der Waals surface area (Å²) in [6.07, 6.45) is 2.53. The second-order valence-electron chi connectivity index (χ2n) is 8.72. The summed E-state index contributed by atoms with van der Waals surface area (Å²) in [5, 5.41) is 22.4. The molecule has 0 spiro atoms. The SMILES string of the molecule is Cc1ccc2c(c1)c(N=NC(=O)CCCCCNC(=O)c1ccccc1)c(O)n2CC(C)C. The van der Waals surface area contributed by atoms with E-state index in [9.17, 15) is 14.7 Å². The standard InChI is InChI=1S/C26H32N4O3/c1-18(2)17-30-22-14-13-19(3)16-21(22)24(26(30)33)29-28-23(31)12-8-5-9-15-27-25(32)20-10-6-4-7-11-20/h4,6-7,10-11,13-14,16,18,33H,5,8-9,12,15,17H2,1-3H3,(H,27,32). The van der Waals surface area contributed by atoms with Gasteiger partial charge < -0.3 is 15.0 Å². The third kappa shape index (κ3) is 6.51. The Bertz CT molecular complexity index is 1130. The maximum absolute atomic E-state index is 12.2. The molecule has 0 aliphatic carbocycles. The van der Waals surface area contributed by atoms with Crippen LogP contribution < -0.4 is 5.32 Å². The van der Waals surface area contributed by atoms with Gasteiger partial charge in [0, 0.05) is 30.5 Å². The van der Waals surface area contributed by atoms with E-state index in [0.29, 0.717) is 36.7 Å². The summed E-state index contributed by atoms with van der Waals surface area (Å²) in [7, 11) is 0. The highest BCUT2D eigenvalue weighted by atomic mass is 16.3. The van der Waals surface area contributed by atoms with Crippen molar-refractivity contribution in [3.8, 4) is 5.88 Å². The van der Waals surface area contributed by atoms with Gasteiger partial charge in [0.1, 0.15) is 0 Å². The van der Waals surface area contributed by atoms with E-state index in [4.69, 9.17) is 0 Å². The molecule has 0 atom stereocenters. The van der Waals surface area contributed by atoms with Crippen LogP contribution in [0, 0.1) is 12.8 Å². The zero-order valence-electron chi connectivity index (χ0n) is 19.5. The van der Waals surface area contributed by atoms with E-state index < -0.39 is 0 Å². The fourth-order valence-corrected chi connectivity index (χ4v) is 3.71. The van der Waals surface area contributed by atoms with Crippen molar-refractivity contribution in [3.63, 3.8) is 0 Å². The number of aromatic nitrogens is 1. The zero-order valence-corrected chi connectivity index (χ0v) is 19.5. The molecule has 2 aromatic carbocycles. The van der Waals surface area contributed by atoms with Gasteiger partial charge in [-0.25, -0.2) is 0 Å². The highest BCUT2D eigenvalue weighted by Crippen LogP contribution is 2.39. The number of nitrogens with zero attached hydrogens (tertiary/aromatic N) is 3. The lowest BCUT2D eigenvalue weighted by Gasteiger charge is -2.09. The monoisotopic (exact) mass is 448 g/mol. The molecule has 0 saturated carbocycles. The average molecular weight is 449 g/mol. The van der Waals surface area contributed by atoms with Crippen LogP contribution in [0.2, 0.25) is 0 Å². The molecule has 3 aromatic rings. The van der Waals surface area contributed by atoms with Crippen LogP contribution in [0.5, 0.6) is 5.88 Å². The minimum atomic E-state index is -0.319. The van der Waals surface area contributed by atoms with Crippen molar-refractivity contribution >= 4 is 28.4 Å². The summed E-state index contributed by atoms with van der Waals surface area (Å²) < 4.78 is 1.82. The number of carbonyl (C=O) groups excluding carboxylic acids is 2. The molecule has 7 nitrogen and oxygen atoms in total. The molecule has 0 fully saturated rings. The van der Waals surface area contributed by atoms with E-state index in [0.717, 1.165) is 29.3 Å². The lowest BCUT2D eigenvalue weighted by atomic mass is 10.1. The Balaban J connectivity index is 1.51. The lowest BCUT2D eigenvalue weighted by molar-refractivity contribution is -0.118. The summed E-state index contributed by atoms with van der Waals surface area (Å²) in [6.45, 7) is 7.35. The zero-order chi connectivity index (χ0) is 23.8. The second kappa shape index (κ2) is 11.4. The fourth-order valence-electron chi connectivity index (χ4n) is 3.71. The lowest BCUT2D eigenvalue weighted by Crippen LogP contribution is -2.24. The van der Waals surface area contributed by atoms with Crippen LogP contribution in [0.4, 0.5) is 5.69 Å². The summed E-state index contributed by atoms with van der Waals surface area (Å²) in [5.74, 6) is -0.0287. The number of rotatable bonds is 10. The fraction of sp³-hybridized carbons (Fsp3) is 0.385. The van der Waals surface area contributed by atoms with Crippen molar-refractivity contribution in [1.82, 2.24) is 9.88 Å². The van der Waals surface area contributed by atoms with Crippen LogP contribution in [0.25, 0.3) is 10.9 Å². The van der Waals surface area contributed by atoms with Gasteiger partial charge in [0.25, 0.3) is 11.8 Å². The molecule has 3 rings (SSSR count). The first kappa shape index (κ1) is 24.2. The van der Waals surface area contributed by atoms with Crippen LogP contribution in [0.3, 0.4) is 0 Å². The Morgan fingerprint density at radius 2 is 1.82 bits per heavy atom. The second-order valence-corrected chi connectivity index (χ2v) is 8.72.